The van der Waals surface area contributed by atoms with Gasteiger partial charge in [-0.25, -0.2) is 9.67 Å². The van der Waals surface area contributed by atoms with Crippen molar-refractivity contribution >= 4 is 39.1 Å². The molecule has 1 atom stereocenters. The average molecular weight is 559 g/mol. The van der Waals surface area contributed by atoms with Crippen molar-refractivity contribution in [1.29, 1.82) is 0 Å². The average Bonchev–Trinajstić information content (AvgIpc) is 3.60. The largest absolute Gasteiger partial charge is 0.377 e. The first kappa shape index (κ1) is 26.5. The Balaban J connectivity index is 1.48. The number of hydrogen-bond acceptors (Lipinski definition) is 6. The predicted molar refractivity (Wildman–Crippen MR) is 161 cm³/mol. The number of nitrogens with one attached hydrogen (secondary N) is 1. The van der Waals surface area contributed by atoms with Gasteiger partial charge in [-0.3, -0.25) is 14.0 Å². The Hall–Kier alpha value is -3.69. The molecule has 0 aliphatic carbocycles. The molecule has 0 spiro atoms. The standard InChI is InChI=1S/C30H35ClN8O/c1-6-38-17-20(15-32-38)28-25(7-8-26(31)35-28)34-19(3)22-13-18(2)14-23-27(22)24-16-33-39(29(24)37(5)30(23)40)21-9-11-36(4)12-10-21/h7-8,13-17,19,21,34H,6,9-12H2,1-5H3. The summed E-state index contributed by atoms with van der Waals surface area (Å²) in [5, 5.41) is 16.0. The second-order valence-corrected chi connectivity index (χ2v) is 11.4. The molecule has 6 rings (SSSR count). The second-order valence-electron chi connectivity index (χ2n) is 11.0. The van der Waals surface area contributed by atoms with Crippen LogP contribution in [0.4, 0.5) is 5.69 Å². The van der Waals surface area contributed by atoms with Crippen molar-refractivity contribution in [1.82, 2.24) is 34.0 Å². The number of halogens is 1. The van der Waals surface area contributed by atoms with E-state index in [1.807, 2.05) is 56.3 Å². The molecule has 10 heteroatoms. The molecule has 0 radical (unpaired) electrons. The van der Waals surface area contributed by atoms with E-state index in [9.17, 15) is 4.79 Å². The van der Waals surface area contributed by atoms with Crippen LogP contribution in [0.1, 0.15) is 49.9 Å². The van der Waals surface area contributed by atoms with Crippen LogP contribution in [0, 0.1) is 6.92 Å². The number of piperidine rings is 1. The van der Waals surface area contributed by atoms with Crippen LogP contribution >= 0.6 is 11.6 Å². The minimum atomic E-state index is -0.132. The van der Waals surface area contributed by atoms with Gasteiger partial charge in [0.2, 0.25) is 0 Å². The highest BCUT2D eigenvalue weighted by Gasteiger charge is 2.25. The fourth-order valence-electron chi connectivity index (χ4n) is 6.02. The van der Waals surface area contributed by atoms with Crippen LogP contribution in [-0.2, 0) is 13.6 Å². The Morgan fingerprint density at radius 1 is 1.10 bits per heavy atom. The van der Waals surface area contributed by atoms with Crippen LogP contribution in [0.15, 0.2) is 47.7 Å². The Labute approximate surface area is 238 Å². The molecule has 1 fully saturated rings. The van der Waals surface area contributed by atoms with E-state index in [1.54, 1.807) is 10.6 Å². The second kappa shape index (κ2) is 10.4. The number of benzene rings is 1. The van der Waals surface area contributed by atoms with Crippen molar-refractivity contribution < 1.29 is 0 Å². The van der Waals surface area contributed by atoms with Gasteiger partial charge >= 0.3 is 0 Å². The summed E-state index contributed by atoms with van der Waals surface area (Å²) in [6, 6.07) is 8.05. The van der Waals surface area contributed by atoms with Crippen LogP contribution < -0.4 is 10.9 Å². The van der Waals surface area contributed by atoms with Gasteiger partial charge in [-0.1, -0.05) is 17.7 Å². The van der Waals surface area contributed by atoms with E-state index in [2.05, 4.69) is 45.0 Å². The summed E-state index contributed by atoms with van der Waals surface area (Å²) in [4.78, 5) is 20.8. The van der Waals surface area contributed by atoms with Crippen LogP contribution in [-0.4, -0.2) is 54.1 Å². The van der Waals surface area contributed by atoms with Gasteiger partial charge in [-0.2, -0.15) is 10.2 Å². The van der Waals surface area contributed by atoms with Gasteiger partial charge in [-0.05, 0) is 83.1 Å². The van der Waals surface area contributed by atoms with Gasteiger partial charge < -0.3 is 10.2 Å². The summed E-state index contributed by atoms with van der Waals surface area (Å²) in [5.41, 5.74) is 5.44. The number of pyridine rings is 2. The van der Waals surface area contributed by atoms with Gasteiger partial charge in [-0.15, -0.1) is 0 Å². The highest BCUT2D eigenvalue weighted by molar-refractivity contribution is 6.29. The summed E-state index contributed by atoms with van der Waals surface area (Å²) in [6.45, 7) is 9.01. The van der Waals surface area contributed by atoms with Crippen molar-refractivity contribution in [3.63, 3.8) is 0 Å². The molecule has 0 saturated carbocycles. The highest BCUT2D eigenvalue weighted by Crippen LogP contribution is 2.36. The van der Waals surface area contributed by atoms with E-state index >= 15 is 0 Å². The molecule has 0 bridgehead atoms. The first-order valence-corrected chi connectivity index (χ1v) is 14.3. The molecule has 4 aromatic heterocycles. The van der Waals surface area contributed by atoms with E-state index in [0.717, 1.165) is 77.0 Å². The van der Waals surface area contributed by atoms with Gasteiger partial charge in [0.05, 0.1) is 29.8 Å². The topological polar surface area (TPSA) is 85.8 Å². The molecule has 1 unspecified atom stereocenters. The summed E-state index contributed by atoms with van der Waals surface area (Å²) in [6.07, 6.45) is 7.75. The number of aromatic nitrogens is 6. The predicted octanol–water partition coefficient (Wildman–Crippen LogP) is 5.57. The van der Waals surface area contributed by atoms with Crippen molar-refractivity contribution in [3.05, 3.63) is 69.5 Å². The first-order chi connectivity index (χ1) is 19.2. The molecule has 1 aliphatic heterocycles. The van der Waals surface area contributed by atoms with E-state index in [0.29, 0.717) is 10.5 Å². The molecule has 1 aromatic carbocycles. The maximum absolute atomic E-state index is 13.8. The zero-order valence-corrected chi connectivity index (χ0v) is 24.4. The third-order valence-electron chi connectivity index (χ3n) is 8.17. The summed E-state index contributed by atoms with van der Waals surface area (Å²) >= 11 is 6.32. The molecule has 1 aliphatic rings. The lowest BCUT2D eigenvalue weighted by atomic mass is 9.95. The molecule has 40 heavy (non-hydrogen) atoms. The lowest BCUT2D eigenvalue weighted by Gasteiger charge is -2.29. The van der Waals surface area contributed by atoms with E-state index in [4.69, 9.17) is 16.7 Å². The lowest BCUT2D eigenvalue weighted by Crippen LogP contribution is -2.32. The normalized spacial score (nSPS) is 15.8. The van der Waals surface area contributed by atoms with E-state index in [-0.39, 0.29) is 17.6 Å². The maximum Gasteiger partial charge on any atom is 0.259 e. The van der Waals surface area contributed by atoms with Crippen molar-refractivity contribution in [2.75, 3.05) is 25.5 Å². The smallest absolute Gasteiger partial charge is 0.259 e. The Bertz CT molecular complexity index is 1780. The van der Waals surface area contributed by atoms with Gasteiger partial charge in [0.15, 0.2) is 0 Å². The summed E-state index contributed by atoms with van der Waals surface area (Å²) < 4.78 is 5.72. The SMILES string of the molecule is CCn1cc(-c2nc(Cl)ccc2NC(C)c2cc(C)cc3c(=O)n(C)c4c(cnn4C4CCN(C)CC4)c23)cn1. The van der Waals surface area contributed by atoms with Crippen LogP contribution in [0.25, 0.3) is 33.1 Å². The number of likely N-dealkylation sites (tertiary alicyclic amines) is 1. The van der Waals surface area contributed by atoms with Gasteiger partial charge in [0, 0.05) is 47.6 Å². The van der Waals surface area contributed by atoms with Crippen LogP contribution in [0.5, 0.6) is 0 Å². The number of hydrogen-bond donors (Lipinski definition) is 1. The van der Waals surface area contributed by atoms with Gasteiger partial charge in [0.1, 0.15) is 10.8 Å². The molecule has 5 heterocycles. The lowest BCUT2D eigenvalue weighted by molar-refractivity contribution is 0.214. The summed E-state index contributed by atoms with van der Waals surface area (Å²) in [5.74, 6) is 0. The third-order valence-corrected chi connectivity index (χ3v) is 8.38. The zero-order valence-electron chi connectivity index (χ0n) is 23.6. The van der Waals surface area contributed by atoms with Gasteiger partial charge in [0.25, 0.3) is 5.56 Å². The molecule has 1 saturated heterocycles. The molecular formula is C30H35ClN8O. The quantitative estimate of drug-likeness (QED) is 0.274. The number of aryl methyl sites for hydroxylation is 3. The molecule has 208 valence electrons. The fourth-order valence-corrected chi connectivity index (χ4v) is 6.16. The van der Waals surface area contributed by atoms with Crippen LogP contribution in [0.3, 0.4) is 0 Å². The Morgan fingerprint density at radius 2 is 1.88 bits per heavy atom. The van der Waals surface area contributed by atoms with Crippen LogP contribution in [0.2, 0.25) is 5.15 Å². The molecule has 9 nitrogen and oxygen atoms in total. The highest BCUT2D eigenvalue weighted by atomic mass is 35.5. The van der Waals surface area contributed by atoms with E-state index < -0.39 is 0 Å². The molecule has 1 N–H and O–H groups in total. The van der Waals surface area contributed by atoms with Crippen molar-refractivity contribution in [2.24, 2.45) is 7.05 Å². The maximum atomic E-state index is 13.8. The Morgan fingerprint density at radius 3 is 2.60 bits per heavy atom. The number of nitrogens with zero attached hydrogens (tertiary/aromatic N) is 7. The number of rotatable bonds is 6. The molecular weight excluding hydrogens is 524 g/mol. The molecule has 0 amide bonds. The van der Waals surface area contributed by atoms with Crippen molar-refractivity contribution in [2.45, 2.75) is 52.2 Å². The Kier molecular flexibility index (Phi) is 6.88. The number of anilines is 1. The zero-order chi connectivity index (χ0) is 28.1. The fraction of sp³-hybridized carbons (Fsp3) is 0.400. The number of fused-ring (bicyclic) bond motifs is 3. The van der Waals surface area contributed by atoms with Crippen molar-refractivity contribution in [3.8, 4) is 11.3 Å². The summed E-state index contributed by atoms with van der Waals surface area (Å²) in [7, 11) is 4.02. The monoisotopic (exact) mass is 558 g/mol. The minimum Gasteiger partial charge on any atom is -0.377 e. The molecule has 5 aromatic rings. The first-order valence-electron chi connectivity index (χ1n) is 13.9. The van der Waals surface area contributed by atoms with E-state index in [1.165, 1.54) is 0 Å². The third kappa shape index (κ3) is 4.57. The minimum absolute atomic E-state index is 0.00449.